The van der Waals surface area contributed by atoms with Gasteiger partial charge < -0.3 is 10.5 Å². The van der Waals surface area contributed by atoms with Crippen LogP contribution in [0.1, 0.15) is 17.3 Å². The van der Waals surface area contributed by atoms with Gasteiger partial charge in [0.05, 0.1) is 12.2 Å². The maximum atomic E-state index is 11.6. The average molecular weight is 242 g/mol. The zero-order chi connectivity index (χ0) is 13.0. The van der Waals surface area contributed by atoms with Crippen LogP contribution in [0.15, 0.2) is 42.7 Å². The molecule has 4 heteroatoms. The largest absolute Gasteiger partial charge is 0.462 e. The standard InChI is InChI=1S/C14H14N2O2/c1-2-18-14(17)12-4-3-11(9-13(12)15)10-5-7-16-8-6-10/h3-9H,2,15H2,1H3. The molecule has 0 amide bonds. The molecule has 0 unspecified atom stereocenters. The molecule has 1 aromatic carbocycles. The highest BCUT2D eigenvalue weighted by molar-refractivity contribution is 5.96. The number of ether oxygens (including phenoxy) is 1. The first kappa shape index (κ1) is 12.1. The second kappa shape index (κ2) is 5.31. The van der Waals surface area contributed by atoms with Crippen molar-refractivity contribution in [2.75, 3.05) is 12.3 Å². The monoisotopic (exact) mass is 242 g/mol. The number of aromatic nitrogens is 1. The summed E-state index contributed by atoms with van der Waals surface area (Å²) in [6, 6.07) is 9.07. The Morgan fingerprint density at radius 2 is 1.94 bits per heavy atom. The van der Waals surface area contributed by atoms with E-state index in [4.69, 9.17) is 10.5 Å². The predicted molar refractivity (Wildman–Crippen MR) is 70.0 cm³/mol. The number of carbonyl (C=O) groups is 1. The molecule has 0 aliphatic carbocycles. The number of benzene rings is 1. The third-order valence-electron chi connectivity index (χ3n) is 2.56. The lowest BCUT2D eigenvalue weighted by Gasteiger charge is -2.07. The van der Waals surface area contributed by atoms with Crippen LogP contribution in [-0.2, 0) is 4.74 Å². The molecule has 0 radical (unpaired) electrons. The number of pyridine rings is 1. The van der Waals surface area contributed by atoms with Crippen LogP contribution in [0.2, 0.25) is 0 Å². The second-order valence-corrected chi connectivity index (χ2v) is 3.76. The SMILES string of the molecule is CCOC(=O)c1ccc(-c2ccncc2)cc1N. The van der Waals surface area contributed by atoms with Crippen molar-refractivity contribution in [1.82, 2.24) is 4.98 Å². The Morgan fingerprint density at radius 3 is 2.56 bits per heavy atom. The molecule has 0 atom stereocenters. The summed E-state index contributed by atoms with van der Waals surface area (Å²) in [5, 5.41) is 0. The van der Waals surface area contributed by atoms with E-state index in [-0.39, 0.29) is 0 Å². The van der Waals surface area contributed by atoms with E-state index >= 15 is 0 Å². The van der Waals surface area contributed by atoms with Crippen molar-refractivity contribution in [3.05, 3.63) is 48.3 Å². The van der Waals surface area contributed by atoms with Gasteiger partial charge in [0.2, 0.25) is 0 Å². The van der Waals surface area contributed by atoms with Crippen molar-refractivity contribution in [3.63, 3.8) is 0 Å². The summed E-state index contributed by atoms with van der Waals surface area (Å²) in [6.07, 6.45) is 3.43. The normalized spacial score (nSPS) is 10.1. The number of rotatable bonds is 3. The van der Waals surface area contributed by atoms with Crippen LogP contribution in [0.5, 0.6) is 0 Å². The molecule has 1 heterocycles. The topological polar surface area (TPSA) is 65.2 Å². The molecule has 0 aliphatic heterocycles. The predicted octanol–water partition coefficient (Wildman–Crippen LogP) is 2.51. The van der Waals surface area contributed by atoms with Gasteiger partial charge in [0.15, 0.2) is 0 Å². The molecule has 0 spiro atoms. The minimum Gasteiger partial charge on any atom is -0.462 e. The molecule has 0 saturated carbocycles. The van der Waals surface area contributed by atoms with Gasteiger partial charge in [-0.15, -0.1) is 0 Å². The van der Waals surface area contributed by atoms with E-state index in [1.807, 2.05) is 18.2 Å². The minimum atomic E-state index is -0.392. The Kier molecular flexibility index (Phi) is 3.57. The van der Waals surface area contributed by atoms with E-state index in [1.165, 1.54) is 0 Å². The van der Waals surface area contributed by atoms with E-state index in [2.05, 4.69) is 4.98 Å². The highest BCUT2D eigenvalue weighted by Crippen LogP contribution is 2.23. The molecule has 4 nitrogen and oxygen atoms in total. The first-order valence-electron chi connectivity index (χ1n) is 5.69. The Balaban J connectivity index is 2.34. The fourth-order valence-electron chi connectivity index (χ4n) is 1.68. The van der Waals surface area contributed by atoms with Gasteiger partial charge in [0.25, 0.3) is 0 Å². The van der Waals surface area contributed by atoms with Gasteiger partial charge in [-0.1, -0.05) is 6.07 Å². The van der Waals surface area contributed by atoms with E-state index in [1.54, 1.807) is 31.5 Å². The quantitative estimate of drug-likeness (QED) is 0.663. The Morgan fingerprint density at radius 1 is 1.22 bits per heavy atom. The van der Waals surface area contributed by atoms with E-state index in [9.17, 15) is 4.79 Å². The van der Waals surface area contributed by atoms with Crippen molar-refractivity contribution in [1.29, 1.82) is 0 Å². The molecular formula is C14H14N2O2. The fourth-order valence-corrected chi connectivity index (χ4v) is 1.68. The van der Waals surface area contributed by atoms with Crippen molar-refractivity contribution < 1.29 is 9.53 Å². The van der Waals surface area contributed by atoms with Crippen LogP contribution in [0.4, 0.5) is 5.69 Å². The number of esters is 1. The van der Waals surface area contributed by atoms with Crippen LogP contribution >= 0.6 is 0 Å². The molecule has 92 valence electrons. The zero-order valence-electron chi connectivity index (χ0n) is 10.1. The molecule has 0 fully saturated rings. The summed E-state index contributed by atoms with van der Waals surface area (Å²) in [4.78, 5) is 15.6. The number of anilines is 1. The van der Waals surface area contributed by atoms with Gasteiger partial charge in [-0.2, -0.15) is 0 Å². The van der Waals surface area contributed by atoms with E-state index < -0.39 is 5.97 Å². The molecule has 2 rings (SSSR count). The summed E-state index contributed by atoms with van der Waals surface area (Å²) < 4.78 is 4.93. The van der Waals surface area contributed by atoms with Crippen molar-refractivity contribution in [3.8, 4) is 11.1 Å². The third-order valence-corrected chi connectivity index (χ3v) is 2.56. The summed E-state index contributed by atoms with van der Waals surface area (Å²) in [5.74, 6) is -0.392. The first-order valence-corrected chi connectivity index (χ1v) is 5.69. The number of hydrogen-bond donors (Lipinski definition) is 1. The average Bonchev–Trinajstić information content (AvgIpc) is 2.40. The Labute approximate surface area is 105 Å². The lowest BCUT2D eigenvalue weighted by molar-refractivity contribution is 0.0527. The zero-order valence-corrected chi connectivity index (χ0v) is 10.1. The number of nitrogens with zero attached hydrogens (tertiary/aromatic N) is 1. The maximum Gasteiger partial charge on any atom is 0.340 e. The second-order valence-electron chi connectivity index (χ2n) is 3.76. The Hall–Kier alpha value is -2.36. The highest BCUT2D eigenvalue weighted by Gasteiger charge is 2.11. The molecule has 0 saturated heterocycles. The lowest BCUT2D eigenvalue weighted by atomic mass is 10.0. The van der Waals surface area contributed by atoms with Crippen LogP contribution in [0.25, 0.3) is 11.1 Å². The summed E-state index contributed by atoms with van der Waals surface area (Å²) in [6.45, 7) is 2.10. The lowest BCUT2D eigenvalue weighted by Crippen LogP contribution is -2.07. The number of nitrogen functional groups attached to an aromatic ring is 1. The van der Waals surface area contributed by atoms with Crippen molar-refractivity contribution in [2.24, 2.45) is 0 Å². The third kappa shape index (κ3) is 2.48. The molecule has 2 aromatic rings. The van der Waals surface area contributed by atoms with Gasteiger partial charge in [0, 0.05) is 18.1 Å². The first-order chi connectivity index (χ1) is 8.72. The molecule has 0 aliphatic rings. The summed E-state index contributed by atoms with van der Waals surface area (Å²) >= 11 is 0. The molecule has 2 N–H and O–H groups in total. The molecule has 1 aromatic heterocycles. The Bertz CT molecular complexity index is 553. The maximum absolute atomic E-state index is 11.6. The van der Waals surface area contributed by atoms with Gasteiger partial charge in [0.1, 0.15) is 0 Å². The van der Waals surface area contributed by atoms with E-state index in [0.29, 0.717) is 17.9 Å². The molecular weight excluding hydrogens is 228 g/mol. The van der Waals surface area contributed by atoms with Crippen LogP contribution in [-0.4, -0.2) is 17.6 Å². The van der Waals surface area contributed by atoms with Crippen LogP contribution < -0.4 is 5.73 Å². The van der Waals surface area contributed by atoms with Gasteiger partial charge in [-0.05, 0) is 42.3 Å². The molecule has 18 heavy (non-hydrogen) atoms. The van der Waals surface area contributed by atoms with Crippen molar-refractivity contribution in [2.45, 2.75) is 6.92 Å². The van der Waals surface area contributed by atoms with Crippen LogP contribution in [0, 0.1) is 0 Å². The number of nitrogens with two attached hydrogens (primary N) is 1. The van der Waals surface area contributed by atoms with Crippen molar-refractivity contribution >= 4 is 11.7 Å². The highest BCUT2D eigenvalue weighted by atomic mass is 16.5. The number of hydrogen-bond acceptors (Lipinski definition) is 4. The van der Waals surface area contributed by atoms with Crippen LogP contribution in [0.3, 0.4) is 0 Å². The summed E-state index contributed by atoms with van der Waals surface area (Å²) in [5.41, 5.74) is 8.64. The molecule has 0 bridgehead atoms. The fraction of sp³-hybridized carbons (Fsp3) is 0.143. The number of carbonyl (C=O) groups excluding carboxylic acids is 1. The smallest absolute Gasteiger partial charge is 0.340 e. The van der Waals surface area contributed by atoms with Gasteiger partial charge >= 0.3 is 5.97 Å². The minimum absolute atomic E-state index is 0.338. The van der Waals surface area contributed by atoms with E-state index in [0.717, 1.165) is 11.1 Å². The van der Waals surface area contributed by atoms with Gasteiger partial charge in [-0.3, -0.25) is 4.98 Å². The van der Waals surface area contributed by atoms with Gasteiger partial charge in [-0.25, -0.2) is 4.79 Å². The summed E-state index contributed by atoms with van der Waals surface area (Å²) in [7, 11) is 0.